The average molecular weight is 569 g/mol. The Bertz CT molecular complexity index is 2010. The quantitative estimate of drug-likeness (QED) is 0.300. The highest BCUT2D eigenvalue weighted by Crippen LogP contribution is 2.50. The molecule has 0 radical (unpaired) electrons. The van der Waals surface area contributed by atoms with Crippen LogP contribution in [0.1, 0.15) is 33.9 Å². The minimum atomic E-state index is -0.442. The molecule has 0 spiro atoms. The van der Waals surface area contributed by atoms with Crippen LogP contribution >= 0.6 is 0 Å². The summed E-state index contributed by atoms with van der Waals surface area (Å²) in [5, 5.41) is 20.2. The number of methoxy groups -OCH3 is 2. The lowest BCUT2D eigenvalue weighted by Gasteiger charge is -2.40. The first-order valence-corrected chi connectivity index (χ1v) is 13.9. The van der Waals surface area contributed by atoms with Crippen LogP contribution in [0.4, 0.5) is 11.5 Å². The number of rotatable bonds is 5. The van der Waals surface area contributed by atoms with Gasteiger partial charge in [-0.15, -0.1) is 0 Å². The Balaban J connectivity index is 1.50. The summed E-state index contributed by atoms with van der Waals surface area (Å²) in [7, 11) is 3.25. The zero-order valence-corrected chi connectivity index (χ0v) is 23.9. The summed E-state index contributed by atoms with van der Waals surface area (Å²) < 4.78 is 12.9. The second-order valence-electron chi connectivity index (χ2n) is 10.3. The third kappa shape index (κ3) is 4.33. The molecule has 43 heavy (non-hydrogen) atoms. The average Bonchev–Trinajstić information content (AvgIpc) is 3.06. The van der Waals surface area contributed by atoms with Crippen LogP contribution in [0.5, 0.6) is 11.5 Å². The highest BCUT2D eigenvalue weighted by atomic mass is 16.5. The maximum atomic E-state index is 10.8. The van der Waals surface area contributed by atoms with Crippen molar-refractivity contribution in [3.8, 4) is 17.6 Å². The van der Waals surface area contributed by atoms with Crippen molar-refractivity contribution in [2.75, 3.05) is 31.1 Å². The van der Waals surface area contributed by atoms with Crippen LogP contribution in [0.2, 0.25) is 0 Å². The number of fused-ring (bicyclic) bond motifs is 7. The first-order valence-electron chi connectivity index (χ1n) is 13.9. The third-order valence-corrected chi connectivity index (χ3v) is 7.93. The number of hydrogen-bond acceptors (Lipinski definition) is 9. The predicted molar refractivity (Wildman–Crippen MR) is 163 cm³/mol. The Labute approximate surface area is 248 Å². The van der Waals surface area contributed by atoms with Gasteiger partial charge >= 0.3 is 0 Å². The number of ether oxygens (including phenoxy) is 2. The van der Waals surface area contributed by atoms with Crippen molar-refractivity contribution in [2.45, 2.75) is 19.3 Å². The van der Waals surface area contributed by atoms with E-state index in [9.17, 15) is 5.26 Å². The summed E-state index contributed by atoms with van der Waals surface area (Å²) in [6, 6.07) is 26.3. The second-order valence-corrected chi connectivity index (χ2v) is 10.3. The van der Waals surface area contributed by atoms with E-state index in [4.69, 9.17) is 24.5 Å². The molecule has 1 N–H and O–H groups in total. The van der Waals surface area contributed by atoms with E-state index in [1.807, 2.05) is 79.7 Å². The van der Waals surface area contributed by atoms with E-state index < -0.39 is 5.92 Å². The Kier molecular flexibility index (Phi) is 6.47. The molecular weight excluding hydrogens is 540 g/mol. The van der Waals surface area contributed by atoms with Gasteiger partial charge in [-0.25, -0.2) is 14.5 Å². The molecule has 2 aromatic heterocycles. The molecule has 3 aromatic carbocycles. The Morgan fingerprint density at radius 3 is 2.44 bits per heavy atom. The van der Waals surface area contributed by atoms with E-state index in [-0.39, 0.29) is 0 Å². The van der Waals surface area contributed by atoms with Gasteiger partial charge in [-0.2, -0.15) is 15.5 Å². The van der Waals surface area contributed by atoms with Crippen molar-refractivity contribution in [3.63, 3.8) is 0 Å². The number of hydrogen-bond donors (Lipinski definition) is 1. The van der Waals surface area contributed by atoms with Crippen molar-refractivity contribution in [1.82, 2.24) is 19.6 Å². The minimum absolute atomic E-state index is 0.442. The minimum Gasteiger partial charge on any atom is -0.493 e. The molecule has 0 saturated heterocycles. The number of anilines is 2. The van der Waals surface area contributed by atoms with Gasteiger partial charge in [0.05, 0.1) is 48.7 Å². The first kappa shape index (κ1) is 26.2. The summed E-state index contributed by atoms with van der Waals surface area (Å²) in [5.41, 5.74) is 10.8. The summed E-state index contributed by atoms with van der Waals surface area (Å²) in [6.07, 6.45) is 2.42. The SMILES string of the molecule is COc1cc2c(cc1OC)C1=C(C#N)C(c3ccccc3)c3c(ncn4nc(C)/c(=N/Nc5ccccc5)nc34)N1CC2. The fourth-order valence-electron chi connectivity index (χ4n) is 5.96. The number of benzene rings is 3. The van der Waals surface area contributed by atoms with Gasteiger partial charge < -0.3 is 14.4 Å². The molecule has 2 aliphatic rings. The molecule has 0 fully saturated rings. The van der Waals surface area contributed by atoms with Gasteiger partial charge in [-0.05, 0) is 48.7 Å². The molecule has 0 bridgehead atoms. The van der Waals surface area contributed by atoms with Crippen molar-refractivity contribution >= 4 is 22.8 Å². The zero-order valence-electron chi connectivity index (χ0n) is 23.9. The highest BCUT2D eigenvalue weighted by molar-refractivity contribution is 5.93. The number of aromatic nitrogens is 4. The van der Waals surface area contributed by atoms with Crippen LogP contribution in [0.25, 0.3) is 11.3 Å². The summed E-state index contributed by atoms with van der Waals surface area (Å²) in [6.45, 7) is 2.49. The number of nitriles is 1. The van der Waals surface area contributed by atoms with Gasteiger partial charge in [0.2, 0.25) is 0 Å². The normalized spacial score (nSPS) is 15.8. The number of para-hydroxylation sites is 1. The van der Waals surface area contributed by atoms with Crippen LogP contribution in [0, 0.1) is 18.3 Å². The van der Waals surface area contributed by atoms with Gasteiger partial charge in [0.15, 0.2) is 22.6 Å². The topological polar surface area (TPSA) is 113 Å². The van der Waals surface area contributed by atoms with Crippen LogP contribution in [0.3, 0.4) is 0 Å². The molecule has 2 aliphatic heterocycles. The second kappa shape index (κ2) is 10.6. The summed E-state index contributed by atoms with van der Waals surface area (Å²) in [4.78, 5) is 12.1. The zero-order chi connectivity index (χ0) is 29.5. The maximum Gasteiger partial charge on any atom is 0.197 e. The Morgan fingerprint density at radius 2 is 1.72 bits per heavy atom. The molecule has 4 heterocycles. The summed E-state index contributed by atoms with van der Waals surface area (Å²) in [5.74, 6) is 1.57. The Morgan fingerprint density at radius 1 is 1.00 bits per heavy atom. The maximum absolute atomic E-state index is 10.8. The standard InChI is InChI=1S/C33H28N8O2/c1-20-31(38-37-23-12-8-5-9-13-23)36-33-29-28(21-10-6-4-7-11-21)25(18-34)30-24-17-27(43-3)26(42-2)16-22(24)14-15-40(30)32(29)35-19-41(33)39-20/h4-13,16-17,19,28,37H,14-15H2,1-3H3/b38-31-. The van der Waals surface area contributed by atoms with E-state index in [0.717, 1.165) is 45.9 Å². The van der Waals surface area contributed by atoms with Gasteiger partial charge in [0, 0.05) is 12.1 Å². The van der Waals surface area contributed by atoms with Crippen LogP contribution in [-0.4, -0.2) is 40.3 Å². The van der Waals surface area contributed by atoms with Gasteiger partial charge in [0.1, 0.15) is 17.8 Å². The lowest BCUT2D eigenvalue weighted by molar-refractivity contribution is 0.354. The van der Waals surface area contributed by atoms with Crippen LogP contribution in [0.15, 0.2) is 89.8 Å². The van der Waals surface area contributed by atoms with Gasteiger partial charge in [-0.1, -0.05) is 48.5 Å². The number of nitrogens with one attached hydrogen (secondary N) is 1. The number of nitrogens with zero attached hydrogens (tertiary/aromatic N) is 7. The molecule has 0 amide bonds. The molecular formula is C33H28N8O2. The first-order chi connectivity index (χ1) is 21.1. The van der Waals surface area contributed by atoms with E-state index in [1.165, 1.54) is 0 Å². The van der Waals surface area contributed by atoms with E-state index in [2.05, 4.69) is 21.5 Å². The molecule has 1 unspecified atom stereocenters. The third-order valence-electron chi connectivity index (χ3n) is 7.93. The van der Waals surface area contributed by atoms with E-state index in [0.29, 0.717) is 40.4 Å². The summed E-state index contributed by atoms with van der Waals surface area (Å²) >= 11 is 0. The van der Waals surface area contributed by atoms with Crippen molar-refractivity contribution in [1.29, 1.82) is 5.26 Å². The molecule has 10 nitrogen and oxygen atoms in total. The van der Waals surface area contributed by atoms with E-state index in [1.54, 1.807) is 25.1 Å². The fraction of sp³-hybridized carbons (Fsp3) is 0.182. The fourth-order valence-corrected chi connectivity index (χ4v) is 5.96. The van der Waals surface area contributed by atoms with E-state index >= 15 is 0 Å². The molecule has 1 atom stereocenters. The highest BCUT2D eigenvalue weighted by Gasteiger charge is 2.40. The van der Waals surface area contributed by atoms with Crippen molar-refractivity contribution in [3.05, 3.63) is 118 Å². The number of allylic oxidation sites excluding steroid dienone is 1. The van der Waals surface area contributed by atoms with Crippen LogP contribution in [-0.2, 0) is 6.42 Å². The monoisotopic (exact) mass is 568 g/mol. The molecule has 7 rings (SSSR count). The smallest absolute Gasteiger partial charge is 0.197 e. The Hall–Kier alpha value is -5.69. The lowest BCUT2D eigenvalue weighted by Crippen LogP contribution is -2.37. The van der Waals surface area contributed by atoms with Gasteiger partial charge in [-0.3, -0.25) is 5.43 Å². The van der Waals surface area contributed by atoms with Crippen molar-refractivity contribution < 1.29 is 9.47 Å². The lowest BCUT2D eigenvalue weighted by atomic mass is 9.78. The predicted octanol–water partition coefficient (Wildman–Crippen LogP) is 4.82. The molecule has 5 aromatic rings. The molecule has 0 aliphatic carbocycles. The molecule has 0 saturated carbocycles. The van der Waals surface area contributed by atoms with Crippen LogP contribution < -0.4 is 25.3 Å². The molecule has 212 valence electrons. The number of aryl methyl sites for hydroxylation is 1. The van der Waals surface area contributed by atoms with Crippen molar-refractivity contribution in [2.24, 2.45) is 5.10 Å². The molecule has 10 heteroatoms. The largest absolute Gasteiger partial charge is 0.493 e. The van der Waals surface area contributed by atoms with Gasteiger partial charge in [0.25, 0.3) is 0 Å².